The first-order valence-electron chi connectivity index (χ1n) is 9.01. The lowest BCUT2D eigenvalue weighted by Gasteiger charge is -2.12. The van der Waals surface area contributed by atoms with Crippen molar-refractivity contribution in [2.75, 3.05) is 12.3 Å². The number of carbonyl (C=O) groups excluding carboxylic acids is 1. The second-order valence-electron chi connectivity index (χ2n) is 6.47. The van der Waals surface area contributed by atoms with Crippen LogP contribution in [-0.2, 0) is 6.54 Å². The number of carbonyl (C=O) groups is 1. The van der Waals surface area contributed by atoms with Gasteiger partial charge >= 0.3 is 0 Å². The molecule has 0 spiro atoms. The Hall–Kier alpha value is -4.07. The van der Waals surface area contributed by atoms with E-state index in [9.17, 15) is 9.59 Å². The maximum atomic E-state index is 13.1. The van der Waals surface area contributed by atoms with Crippen LogP contribution in [0.25, 0.3) is 16.7 Å². The van der Waals surface area contributed by atoms with Crippen LogP contribution in [0.15, 0.2) is 72.4 Å². The van der Waals surface area contributed by atoms with Crippen LogP contribution in [0.4, 0.5) is 5.82 Å². The van der Waals surface area contributed by atoms with Crippen molar-refractivity contribution >= 4 is 28.4 Å². The second kappa shape index (κ2) is 7.51. The number of amides is 1. The van der Waals surface area contributed by atoms with Crippen molar-refractivity contribution in [2.24, 2.45) is 0 Å². The zero-order chi connectivity index (χ0) is 20.4. The van der Waals surface area contributed by atoms with Gasteiger partial charge in [-0.05, 0) is 24.3 Å². The molecule has 3 N–H and O–H groups in total. The fraction of sp³-hybridized carbons (Fsp3) is 0.0952. The number of hydrogen-bond donors (Lipinski definition) is 2. The molecule has 0 aromatic carbocycles. The topological polar surface area (TPSA) is 106 Å². The van der Waals surface area contributed by atoms with Gasteiger partial charge in [0.15, 0.2) is 0 Å². The molecule has 0 saturated carbocycles. The van der Waals surface area contributed by atoms with Crippen molar-refractivity contribution in [3.8, 4) is 0 Å². The molecule has 4 heterocycles. The molecule has 0 radical (unpaired) electrons. The molecule has 0 aliphatic heterocycles. The minimum atomic E-state index is -0.387. The van der Waals surface area contributed by atoms with Gasteiger partial charge in [-0.15, -0.1) is 6.58 Å². The Balaban J connectivity index is 2.02. The van der Waals surface area contributed by atoms with Crippen LogP contribution < -0.4 is 21.2 Å². The molecule has 0 bridgehead atoms. The minimum absolute atomic E-state index is 0.207. The molecule has 1 amide bonds. The predicted molar refractivity (Wildman–Crippen MR) is 109 cm³/mol. The number of nitrogens with zero attached hydrogens (tertiary/aromatic N) is 4. The Kier molecular flexibility index (Phi) is 4.74. The molecular formula is C21H19N6O2+. The largest absolute Gasteiger partial charge is 0.348 e. The van der Waals surface area contributed by atoms with Gasteiger partial charge in [0.25, 0.3) is 17.1 Å². The lowest BCUT2D eigenvalue weighted by atomic mass is 10.1. The van der Waals surface area contributed by atoms with Crippen LogP contribution >= 0.6 is 0 Å². The van der Waals surface area contributed by atoms with Gasteiger partial charge in [-0.25, -0.2) is 4.57 Å². The fourth-order valence-electron chi connectivity index (χ4n) is 3.18. The number of aromatic nitrogens is 4. The smallest absolute Gasteiger partial charge is 0.278 e. The molecular weight excluding hydrogens is 368 g/mol. The van der Waals surface area contributed by atoms with Gasteiger partial charge in [0, 0.05) is 30.7 Å². The summed E-state index contributed by atoms with van der Waals surface area (Å²) in [6.45, 7) is 4.20. The highest BCUT2D eigenvalue weighted by Gasteiger charge is 2.24. The maximum absolute atomic E-state index is 13.1. The summed E-state index contributed by atoms with van der Waals surface area (Å²) in [5.74, 6) is -0.170. The van der Waals surface area contributed by atoms with Crippen molar-refractivity contribution in [3.05, 3.63) is 89.1 Å². The van der Waals surface area contributed by atoms with Crippen LogP contribution in [0.5, 0.6) is 0 Å². The number of fused-ring (bicyclic) bond motifs is 2. The Morgan fingerprint density at radius 3 is 2.93 bits per heavy atom. The van der Waals surface area contributed by atoms with Crippen molar-refractivity contribution in [1.82, 2.24) is 19.7 Å². The molecule has 144 valence electrons. The first-order valence-corrected chi connectivity index (χ1v) is 9.01. The Bertz CT molecular complexity index is 1300. The van der Waals surface area contributed by atoms with Crippen LogP contribution in [0, 0.1) is 0 Å². The molecule has 4 aromatic heterocycles. The van der Waals surface area contributed by atoms with Crippen LogP contribution in [-0.4, -0.2) is 26.8 Å². The predicted octanol–water partition coefficient (Wildman–Crippen LogP) is 1.08. The van der Waals surface area contributed by atoms with Gasteiger partial charge in [-0.1, -0.05) is 23.2 Å². The zero-order valence-electron chi connectivity index (χ0n) is 15.6. The summed E-state index contributed by atoms with van der Waals surface area (Å²) in [4.78, 5) is 34.5. The SMILES string of the molecule is C=CCNC(=O)c1cc2c(=O)n3ccccc3nc2[n+](Cc2cccnc2)c1N. The summed E-state index contributed by atoms with van der Waals surface area (Å²) in [5.41, 5.74) is 8.07. The van der Waals surface area contributed by atoms with E-state index in [2.05, 4.69) is 21.9 Å². The van der Waals surface area contributed by atoms with Gasteiger partial charge in [-0.2, -0.15) is 0 Å². The standard InChI is InChI=1S/C21H18N6O2/c1-2-8-24-20(28)15-11-16-19(25-17-7-3-4-10-26(17)21(16)29)27(18(15)22)13-14-6-5-9-23-12-14/h2-7,9-12,22H,1,8,13H2,(H,24,28)/p+1. The van der Waals surface area contributed by atoms with Crippen molar-refractivity contribution in [2.45, 2.75) is 6.54 Å². The van der Waals surface area contributed by atoms with E-state index >= 15 is 0 Å². The van der Waals surface area contributed by atoms with E-state index < -0.39 is 0 Å². The number of nitrogen functional groups attached to an aromatic ring is 1. The number of nitrogens with two attached hydrogens (primary N) is 1. The van der Waals surface area contributed by atoms with Crippen LogP contribution in [0.1, 0.15) is 15.9 Å². The third-order valence-corrected chi connectivity index (χ3v) is 4.58. The number of hydrogen-bond acceptors (Lipinski definition) is 5. The third kappa shape index (κ3) is 3.31. The van der Waals surface area contributed by atoms with E-state index in [0.717, 1.165) is 5.56 Å². The Morgan fingerprint density at radius 1 is 1.31 bits per heavy atom. The van der Waals surface area contributed by atoms with Crippen molar-refractivity contribution in [1.29, 1.82) is 0 Å². The van der Waals surface area contributed by atoms with E-state index in [0.29, 0.717) is 23.2 Å². The lowest BCUT2D eigenvalue weighted by Crippen LogP contribution is -2.43. The summed E-state index contributed by atoms with van der Waals surface area (Å²) >= 11 is 0. The van der Waals surface area contributed by atoms with Crippen molar-refractivity contribution < 1.29 is 9.36 Å². The second-order valence-corrected chi connectivity index (χ2v) is 6.47. The summed E-state index contributed by atoms with van der Waals surface area (Å²) in [6.07, 6.45) is 6.59. The molecule has 0 aliphatic rings. The molecule has 29 heavy (non-hydrogen) atoms. The highest BCUT2D eigenvalue weighted by Crippen LogP contribution is 2.15. The van der Waals surface area contributed by atoms with Gasteiger partial charge in [-0.3, -0.25) is 19.0 Å². The normalized spacial score (nSPS) is 10.9. The summed E-state index contributed by atoms with van der Waals surface area (Å²) < 4.78 is 3.11. The van der Waals surface area contributed by atoms with Gasteiger partial charge in [0.1, 0.15) is 10.9 Å². The molecule has 8 nitrogen and oxygen atoms in total. The Morgan fingerprint density at radius 2 is 2.17 bits per heavy atom. The highest BCUT2D eigenvalue weighted by atomic mass is 16.1. The number of nitrogens with one attached hydrogen (secondary N) is 1. The first-order chi connectivity index (χ1) is 14.1. The van der Waals surface area contributed by atoms with Crippen molar-refractivity contribution in [3.63, 3.8) is 0 Å². The van der Waals surface area contributed by atoms with Gasteiger partial charge < -0.3 is 11.1 Å². The fourth-order valence-corrected chi connectivity index (χ4v) is 3.18. The zero-order valence-corrected chi connectivity index (χ0v) is 15.6. The number of pyridine rings is 3. The summed E-state index contributed by atoms with van der Waals surface area (Å²) in [7, 11) is 0. The van der Waals surface area contributed by atoms with E-state index in [-0.39, 0.29) is 29.4 Å². The van der Waals surface area contributed by atoms with E-state index in [1.54, 1.807) is 47.4 Å². The van der Waals surface area contributed by atoms with E-state index in [4.69, 9.17) is 5.73 Å². The molecule has 8 heteroatoms. The number of anilines is 1. The monoisotopic (exact) mass is 387 g/mol. The van der Waals surface area contributed by atoms with Gasteiger partial charge in [0.2, 0.25) is 11.5 Å². The molecule has 0 aliphatic carbocycles. The molecule has 0 saturated heterocycles. The van der Waals surface area contributed by atoms with Gasteiger partial charge in [0.05, 0.1) is 6.54 Å². The lowest BCUT2D eigenvalue weighted by molar-refractivity contribution is -0.649. The Labute approximate surface area is 166 Å². The minimum Gasteiger partial charge on any atom is -0.348 e. The average Bonchev–Trinajstić information content (AvgIpc) is 2.75. The average molecular weight is 387 g/mol. The third-order valence-electron chi connectivity index (χ3n) is 4.58. The molecule has 0 unspecified atom stereocenters. The number of rotatable bonds is 5. The first kappa shape index (κ1) is 18.3. The summed E-state index contributed by atoms with van der Waals surface area (Å²) in [6, 6.07) is 10.5. The maximum Gasteiger partial charge on any atom is 0.278 e. The summed E-state index contributed by atoms with van der Waals surface area (Å²) in [5, 5.41) is 3.01. The molecule has 4 aromatic rings. The quantitative estimate of drug-likeness (QED) is 0.303. The highest BCUT2D eigenvalue weighted by molar-refractivity contribution is 6.00. The van der Waals surface area contributed by atoms with E-state index in [1.807, 2.05) is 12.1 Å². The van der Waals surface area contributed by atoms with Crippen LogP contribution in [0.2, 0.25) is 0 Å². The molecule has 0 fully saturated rings. The molecule has 0 atom stereocenters. The van der Waals surface area contributed by atoms with Crippen LogP contribution in [0.3, 0.4) is 0 Å². The van der Waals surface area contributed by atoms with E-state index in [1.165, 1.54) is 10.5 Å². The molecule has 4 rings (SSSR count).